The van der Waals surface area contributed by atoms with Crippen molar-refractivity contribution in [2.24, 2.45) is 5.92 Å². The summed E-state index contributed by atoms with van der Waals surface area (Å²) in [5, 5.41) is 12.3. The van der Waals surface area contributed by atoms with Gasteiger partial charge in [-0.25, -0.2) is 0 Å². The summed E-state index contributed by atoms with van der Waals surface area (Å²) < 4.78 is 5.51. The van der Waals surface area contributed by atoms with Gasteiger partial charge in [0.15, 0.2) is 0 Å². The van der Waals surface area contributed by atoms with Crippen LogP contribution >= 0.6 is 0 Å². The molecule has 3 unspecified atom stereocenters. The van der Waals surface area contributed by atoms with Crippen LogP contribution in [0.15, 0.2) is 0 Å². The molecule has 0 amide bonds. The van der Waals surface area contributed by atoms with E-state index in [1.165, 1.54) is 0 Å². The molecule has 0 spiro atoms. The molecule has 2 heterocycles. The molecule has 0 aromatic heterocycles. The van der Waals surface area contributed by atoms with Gasteiger partial charge in [-0.05, 0) is 25.8 Å². The SMILES string of the molecule is O=C(O)C1CCNC2CCCOC21. The Morgan fingerprint density at radius 2 is 2.31 bits per heavy atom. The average Bonchev–Trinajstić information content (AvgIpc) is 2.17. The van der Waals surface area contributed by atoms with Gasteiger partial charge in [0, 0.05) is 12.6 Å². The maximum atomic E-state index is 10.9. The molecule has 0 saturated carbocycles. The van der Waals surface area contributed by atoms with E-state index in [0.717, 1.165) is 19.4 Å². The highest BCUT2D eigenvalue weighted by molar-refractivity contribution is 5.71. The third-order valence-electron chi connectivity index (χ3n) is 2.94. The van der Waals surface area contributed by atoms with Gasteiger partial charge in [0.25, 0.3) is 0 Å². The van der Waals surface area contributed by atoms with Gasteiger partial charge in [0.05, 0.1) is 12.0 Å². The number of carboxylic acid groups (broad SMARTS) is 1. The van der Waals surface area contributed by atoms with Gasteiger partial charge in [-0.2, -0.15) is 0 Å². The monoisotopic (exact) mass is 185 g/mol. The van der Waals surface area contributed by atoms with Crippen LogP contribution in [0.25, 0.3) is 0 Å². The van der Waals surface area contributed by atoms with Gasteiger partial charge >= 0.3 is 5.97 Å². The molecule has 3 atom stereocenters. The Balaban J connectivity index is 2.06. The lowest BCUT2D eigenvalue weighted by atomic mass is 9.85. The normalized spacial score (nSPS) is 39.5. The fourth-order valence-electron chi connectivity index (χ4n) is 2.27. The number of hydrogen-bond acceptors (Lipinski definition) is 3. The maximum Gasteiger partial charge on any atom is 0.309 e. The number of carbonyl (C=O) groups is 1. The van der Waals surface area contributed by atoms with E-state index < -0.39 is 5.97 Å². The topological polar surface area (TPSA) is 58.6 Å². The Hall–Kier alpha value is -0.610. The number of nitrogens with one attached hydrogen (secondary N) is 1. The minimum absolute atomic E-state index is 0.0972. The van der Waals surface area contributed by atoms with E-state index in [0.29, 0.717) is 13.0 Å². The first-order valence-electron chi connectivity index (χ1n) is 4.87. The Bertz CT molecular complexity index is 205. The molecule has 13 heavy (non-hydrogen) atoms. The highest BCUT2D eigenvalue weighted by atomic mass is 16.5. The molecule has 0 aliphatic carbocycles. The molecular formula is C9H15NO3. The first-order valence-corrected chi connectivity index (χ1v) is 4.87. The molecule has 2 fully saturated rings. The smallest absolute Gasteiger partial charge is 0.309 e. The number of hydrogen-bond donors (Lipinski definition) is 2. The lowest BCUT2D eigenvalue weighted by molar-refractivity contribution is -0.153. The van der Waals surface area contributed by atoms with Crippen LogP contribution in [0.5, 0.6) is 0 Å². The van der Waals surface area contributed by atoms with Crippen LogP contribution in [-0.4, -0.2) is 36.4 Å². The number of carboxylic acids is 1. The summed E-state index contributed by atoms with van der Waals surface area (Å²) in [6.07, 6.45) is 2.69. The van der Waals surface area contributed by atoms with E-state index in [1.54, 1.807) is 0 Å². The van der Waals surface area contributed by atoms with Crippen molar-refractivity contribution in [1.29, 1.82) is 0 Å². The standard InChI is InChI=1S/C9H15NO3/c11-9(12)6-3-4-10-7-2-1-5-13-8(6)7/h6-8,10H,1-5H2,(H,11,12). The molecule has 4 nitrogen and oxygen atoms in total. The number of piperidine rings is 1. The minimum Gasteiger partial charge on any atom is -0.481 e. The van der Waals surface area contributed by atoms with Gasteiger partial charge in [0.2, 0.25) is 0 Å². The summed E-state index contributed by atoms with van der Waals surface area (Å²) in [5.74, 6) is -1.01. The predicted molar refractivity (Wildman–Crippen MR) is 46.5 cm³/mol. The second kappa shape index (κ2) is 3.64. The zero-order valence-electron chi connectivity index (χ0n) is 7.53. The lowest BCUT2D eigenvalue weighted by Crippen LogP contribution is -2.55. The molecule has 2 N–H and O–H groups in total. The molecule has 0 aromatic carbocycles. The van der Waals surface area contributed by atoms with Crippen LogP contribution < -0.4 is 5.32 Å². The summed E-state index contributed by atoms with van der Waals surface area (Å²) >= 11 is 0. The van der Waals surface area contributed by atoms with Crippen molar-refractivity contribution in [2.75, 3.05) is 13.2 Å². The maximum absolute atomic E-state index is 10.9. The molecule has 74 valence electrons. The van der Waals surface area contributed by atoms with Gasteiger partial charge in [-0.15, -0.1) is 0 Å². The fourth-order valence-corrected chi connectivity index (χ4v) is 2.27. The molecule has 0 bridgehead atoms. The number of ether oxygens (including phenoxy) is 1. The van der Waals surface area contributed by atoms with Crippen LogP contribution in [-0.2, 0) is 9.53 Å². The zero-order chi connectivity index (χ0) is 9.26. The van der Waals surface area contributed by atoms with Crippen LogP contribution in [0.4, 0.5) is 0 Å². The van der Waals surface area contributed by atoms with E-state index in [-0.39, 0.29) is 18.1 Å². The summed E-state index contributed by atoms with van der Waals surface area (Å²) in [6, 6.07) is 0.267. The van der Waals surface area contributed by atoms with Crippen molar-refractivity contribution >= 4 is 5.97 Å². The Morgan fingerprint density at radius 3 is 3.08 bits per heavy atom. The first kappa shape index (κ1) is 8.97. The number of rotatable bonds is 1. The van der Waals surface area contributed by atoms with Crippen LogP contribution in [0.1, 0.15) is 19.3 Å². The molecule has 2 saturated heterocycles. The van der Waals surface area contributed by atoms with E-state index in [1.807, 2.05) is 0 Å². The van der Waals surface area contributed by atoms with Crippen molar-refractivity contribution in [1.82, 2.24) is 5.32 Å². The second-order valence-corrected chi connectivity index (χ2v) is 3.77. The van der Waals surface area contributed by atoms with E-state index >= 15 is 0 Å². The first-order chi connectivity index (χ1) is 6.29. The van der Waals surface area contributed by atoms with Crippen molar-refractivity contribution in [3.63, 3.8) is 0 Å². The summed E-state index contributed by atoms with van der Waals surface area (Å²) in [4.78, 5) is 10.9. The molecule has 4 heteroatoms. The lowest BCUT2D eigenvalue weighted by Gasteiger charge is -2.39. The van der Waals surface area contributed by atoms with Crippen LogP contribution in [0.2, 0.25) is 0 Å². The van der Waals surface area contributed by atoms with Crippen LogP contribution in [0, 0.1) is 5.92 Å². The molecule has 2 aliphatic heterocycles. The average molecular weight is 185 g/mol. The largest absolute Gasteiger partial charge is 0.481 e. The zero-order valence-corrected chi connectivity index (χ0v) is 7.53. The predicted octanol–water partition coefficient (Wildman–Crippen LogP) is 0.228. The molecule has 0 radical (unpaired) electrons. The summed E-state index contributed by atoms with van der Waals surface area (Å²) in [5.41, 5.74) is 0. The fraction of sp³-hybridized carbons (Fsp3) is 0.889. The number of fused-ring (bicyclic) bond motifs is 1. The molecule has 2 aliphatic rings. The summed E-state index contributed by atoms with van der Waals surface area (Å²) in [7, 11) is 0. The molecule has 2 rings (SSSR count). The molecule has 0 aromatic rings. The van der Waals surface area contributed by atoms with Gasteiger partial charge in [0.1, 0.15) is 0 Å². The summed E-state index contributed by atoms with van der Waals surface area (Å²) in [6.45, 7) is 1.52. The minimum atomic E-state index is -0.710. The Kier molecular flexibility index (Phi) is 2.51. The third-order valence-corrected chi connectivity index (χ3v) is 2.94. The highest BCUT2D eigenvalue weighted by Crippen LogP contribution is 2.26. The van der Waals surface area contributed by atoms with Crippen molar-refractivity contribution in [3.8, 4) is 0 Å². The Morgan fingerprint density at radius 1 is 1.46 bits per heavy atom. The number of aliphatic carboxylic acids is 1. The highest BCUT2D eigenvalue weighted by Gasteiger charge is 2.39. The molecular weight excluding hydrogens is 170 g/mol. The van der Waals surface area contributed by atoms with Crippen molar-refractivity contribution in [3.05, 3.63) is 0 Å². The Labute approximate surface area is 77.3 Å². The van der Waals surface area contributed by atoms with Crippen LogP contribution in [0.3, 0.4) is 0 Å². The van der Waals surface area contributed by atoms with Crippen molar-refractivity contribution < 1.29 is 14.6 Å². The van der Waals surface area contributed by atoms with Crippen molar-refractivity contribution in [2.45, 2.75) is 31.4 Å². The quantitative estimate of drug-likeness (QED) is 0.614. The second-order valence-electron chi connectivity index (χ2n) is 3.77. The van der Waals surface area contributed by atoms with Gasteiger partial charge < -0.3 is 15.2 Å². The van der Waals surface area contributed by atoms with E-state index in [4.69, 9.17) is 9.84 Å². The van der Waals surface area contributed by atoms with E-state index in [9.17, 15) is 4.79 Å². The van der Waals surface area contributed by atoms with Gasteiger partial charge in [-0.3, -0.25) is 4.79 Å². The third kappa shape index (κ3) is 1.69. The van der Waals surface area contributed by atoms with E-state index in [2.05, 4.69) is 5.32 Å². The van der Waals surface area contributed by atoms with Gasteiger partial charge in [-0.1, -0.05) is 0 Å².